The van der Waals surface area contributed by atoms with Crippen LogP contribution in [0.4, 0.5) is 5.95 Å². The van der Waals surface area contributed by atoms with E-state index in [4.69, 9.17) is 5.21 Å². The highest BCUT2D eigenvalue weighted by atomic mass is 16.5. The van der Waals surface area contributed by atoms with Crippen molar-refractivity contribution in [1.29, 1.82) is 0 Å². The molecule has 82 valence electrons. The van der Waals surface area contributed by atoms with Crippen molar-refractivity contribution in [3.05, 3.63) is 18.0 Å². The summed E-state index contributed by atoms with van der Waals surface area (Å²) in [7, 11) is 1.88. The zero-order valence-corrected chi connectivity index (χ0v) is 8.77. The highest BCUT2D eigenvalue weighted by Crippen LogP contribution is 2.05. The number of nitrogens with zero attached hydrogens (tertiary/aromatic N) is 3. The van der Waals surface area contributed by atoms with Gasteiger partial charge in [-0.1, -0.05) is 6.92 Å². The average molecular weight is 210 g/mol. The normalized spacial score (nSPS) is 9.80. The lowest BCUT2D eigenvalue weighted by Crippen LogP contribution is -2.22. The smallest absolute Gasteiger partial charge is 0.277 e. The Bertz CT molecular complexity index is 325. The summed E-state index contributed by atoms with van der Waals surface area (Å²) in [5.41, 5.74) is 1.75. The van der Waals surface area contributed by atoms with Crippen LogP contribution in [0.25, 0.3) is 0 Å². The van der Waals surface area contributed by atoms with E-state index in [0.29, 0.717) is 5.95 Å². The summed E-state index contributed by atoms with van der Waals surface area (Å²) in [6.07, 6.45) is 3.75. The van der Waals surface area contributed by atoms with E-state index >= 15 is 0 Å². The van der Waals surface area contributed by atoms with Gasteiger partial charge in [0.2, 0.25) is 5.95 Å². The van der Waals surface area contributed by atoms with E-state index in [0.717, 1.165) is 13.0 Å². The lowest BCUT2D eigenvalue weighted by atomic mass is 10.3. The minimum Gasteiger partial charge on any atom is -0.344 e. The molecule has 0 unspecified atom stereocenters. The quantitative estimate of drug-likeness (QED) is 0.557. The highest BCUT2D eigenvalue weighted by molar-refractivity contribution is 5.92. The van der Waals surface area contributed by atoms with Gasteiger partial charge in [-0.3, -0.25) is 10.0 Å². The largest absolute Gasteiger partial charge is 0.344 e. The molecule has 1 heterocycles. The van der Waals surface area contributed by atoms with Gasteiger partial charge in [0.05, 0.1) is 5.56 Å². The van der Waals surface area contributed by atoms with Crippen molar-refractivity contribution in [2.75, 3.05) is 18.5 Å². The molecule has 0 saturated heterocycles. The van der Waals surface area contributed by atoms with Crippen molar-refractivity contribution in [2.45, 2.75) is 13.3 Å². The fourth-order valence-electron chi connectivity index (χ4n) is 1.14. The van der Waals surface area contributed by atoms with Gasteiger partial charge in [-0.25, -0.2) is 15.4 Å². The van der Waals surface area contributed by atoms with Gasteiger partial charge in [-0.15, -0.1) is 0 Å². The van der Waals surface area contributed by atoms with Crippen LogP contribution in [0, 0.1) is 0 Å². The average Bonchev–Trinajstić information content (AvgIpc) is 2.28. The Kier molecular flexibility index (Phi) is 3.99. The minimum absolute atomic E-state index is 0.228. The van der Waals surface area contributed by atoms with E-state index in [2.05, 4.69) is 16.9 Å². The molecule has 1 aromatic rings. The Morgan fingerprint density at radius 2 is 2.13 bits per heavy atom. The minimum atomic E-state index is -0.611. The summed E-state index contributed by atoms with van der Waals surface area (Å²) in [4.78, 5) is 20.9. The molecule has 0 aromatic carbocycles. The molecule has 0 radical (unpaired) electrons. The number of carbonyl (C=O) groups excluding carboxylic acids is 1. The first kappa shape index (κ1) is 11.4. The molecule has 0 aliphatic carbocycles. The first-order valence-corrected chi connectivity index (χ1v) is 4.66. The van der Waals surface area contributed by atoms with Crippen LogP contribution in [-0.4, -0.2) is 34.7 Å². The van der Waals surface area contributed by atoms with E-state index in [1.54, 1.807) is 0 Å². The third-order valence-corrected chi connectivity index (χ3v) is 1.90. The molecule has 6 nitrogen and oxygen atoms in total. The molecule has 0 aliphatic heterocycles. The van der Waals surface area contributed by atoms with E-state index in [1.165, 1.54) is 17.9 Å². The lowest BCUT2D eigenvalue weighted by Gasteiger charge is -2.15. The standard InChI is InChI=1S/C9H14N4O2/c1-3-4-13(2)9-10-5-7(6-11-9)8(14)12-15/h5-6,15H,3-4H2,1-2H3,(H,12,14). The number of amides is 1. The van der Waals surface area contributed by atoms with Gasteiger partial charge in [-0.05, 0) is 6.42 Å². The van der Waals surface area contributed by atoms with Gasteiger partial charge in [0, 0.05) is 26.0 Å². The van der Waals surface area contributed by atoms with Crippen LogP contribution in [0.15, 0.2) is 12.4 Å². The molecule has 0 aliphatic rings. The summed E-state index contributed by atoms with van der Waals surface area (Å²) < 4.78 is 0. The summed E-state index contributed by atoms with van der Waals surface area (Å²) in [5, 5.41) is 8.39. The number of anilines is 1. The van der Waals surface area contributed by atoms with Crippen LogP contribution in [0.2, 0.25) is 0 Å². The molecule has 1 amide bonds. The third-order valence-electron chi connectivity index (χ3n) is 1.90. The van der Waals surface area contributed by atoms with Gasteiger partial charge >= 0.3 is 0 Å². The van der Waals surface area contributed by atoms with Crippen LogP contribution >= 0.6 is 0 Å². The Morgan fingerprint density at radius 1 is 1.53 bits per heavy atom. The molecule has 0 atom stereocenters. The number of aromatic nitrogens is 2. The van der Waals surface area contributed by atoms with E-state index in [1.807, 2.05) is 11.9 Å². The lowest BCUT2D eigenvalue weighted by molar-refractivity contribution is 0.0705. The molecular weight excluding hydrogens is 196 g/mol. The Morgan fingerprint density at radius 3 is 2.60 bits per heavy atom. The van der Waals surface area contributed by atoms with Crippen molar-refractivity contribution in [2.24, 2.45) is 0 Å². The fraction of sp³-hybridized carbons (Fsp3) is 0.444. The first-order valence-electron chi connectivity index (χ1n) is 4.66. The number of nitrogens with one attached hydrogen (secondary N) is 1. The number of hydrogen-bond acceptors (Lipinski definition) is 5. The van der Waals surface area contributed by atoms with Gasteiger partial charge in [0.25, 0.3) is 5.91 Å². The van der Waals surface area contributed by atoms with Crippen molar-refractivity contribution < 1.29 is 10.0 Å². The van der Waals surface area contributed by atoms with Crippen LogP contribution in [-0.2, 0) is 0 Å². The van der Waals surface area contributed by atoms with Gasteiger partial charge in [0.15, 0.2) is 0 Å². The zero-order chi connectivity index (χ0) is 11.3. The van der Waals surface area contributed by atoms with E-state index in [9.17, 15) is 4.79 Å². The Hall–Kier alpha value is -1.69. The number of hydroxylamine groups is 1. The van der Waals surface area contributed by atoms with Gasteiger partial charge in [0.1, 0.15) is 0 Å². The van der Waals surface area contributed by atoms with Crippen molar-refractivity contribution in [3.8, 4) is 0 Å². The van der Waals surface area contributed by atoms with Crippen LogP contribution in [0.1, 0.15) is 23.7 Å². The molecule has 1 rings (SSSR count). The summed E-state index contributed by atoms with van der Waals surface area (Å²) >= 11 is 0. The van der Waals surface area contributed by atoms with Crippen LogP contribution in [0.3, 0.4) is 0 Å². The monoisotopic (exact) mass is 210 g/mol. The maximum atomic E-state index is 11.0. The van der Waals surface area contributed by atoms with Crippen molar-refractivity contribution >= 4 is 11.9 Å². The molecule has 1 aromatic heterocycles. The number of rotatable bonds is 4. The third kappa shape index (κ3) is 2.88. The second-order valence-corrected chi connectivity index (χ2v) is 3.13. The van der Waals surface area contributed by atoms with Gasteiger partial charge in [-0.2, -0.15) is 0 Å². The highest BCUT2D eigenvalue weighted by Gasteiger charge is 2.07. The van der Waals surface area contributed by atoms with Gasteiger partial charge < -0.3 is 4.90 Å². The maximum Gasteiger partial charge on any atom is 0.277 e. The van der Waals surface area contributed by atoms with E-state index in [-0.39, 0.29) is 5.56 Å². The van der Waals surface area contributed by atoms with Crippen LogP contribution < -0.4 is 10.4 Å². The maximum absolute atomic E-state index is 11.0. The predicted octanol–water partition coefficient (Wildman–Crippen LogP) is 0.442. The molecule has 0 saturated carbocycles. The second-order valence-electron chi connectivity index (χ2n) is 3.13. The second kappa shape index (κ2) is 5.26. The molecular formula is C9H14N4O2. The zero-order valence-electron chi connectivity index (χ0n) is 8.77. The topological polar surface area (TPSA) is 78.4 Å². The molecule has 0 spiro atoms. The summed E-state index contributed by atoms with van der Waals surface area (Å²) in [6.45, 7) is 2.91. The Labute approximate surface area is 87.9 Å². The molecule has 15 heavy (non-hydrogen) atoms. The van der Waals surface area contributed by atoms with E-state index < -0.39 is 5.91 Å². The number of carbonyl (C=O) groups is 1. The molecule has 2 N–H and O–H groups in total. The van der Waals surface area contributed by atoms with Crippen LogP contribution in [0.5, 0.6) is 0 Å². The summed E-state index contributed by atoms with van der Waals surface area (Å²) in [5.74, 6) is -0.0500. The predicted molar refractivity (Wildman–Crippen MR) is 54.8 cm³/mol. The Balaban J connectivity index is 2.76. The number of hydrogen-bond donors (Lipinski definition) is 2. The van der Waals surface area contributed by atoms with Crippen molar-refractivity contribution in [3.63, 3.8) is 0 Å². The molecule has 0 bridgehead atoms. The van der Waals surface area contributed by atoms with Crippen molar-refractivity contribution in [1.82, 2.24) is 15.4 Å². The molecule has 0 fully saturated rings. The SMILES string of the molecule is CCCN(C)c1ncc(C(=O)NO)cn1. The molecule has 6 heteroatoms. The fourth-order valence-corrected chi connectivity index (χ4v) is 1.14. The summed E-state index contributed by atoms with van der Waals surface area (Å²) in [6, 6.07) is 0. The first-order chi connectivity index (χ1) is 7.19.